The van der Waals surface area contributed by atoms with Crippen molar-refractivity contribution in [2.75, 3.05) is 6.61 Å². The van der Waals surface area contributed by atoms with Crippen LogP contribution in [0.2, 0.25) is 23.2 Å². The van der Waals surface area contributed by atoms with E-state index in [-0.39, 0.29) is 40.6 Å². The molecule has 2 aromatic heterocycles. The Hall–Kier alpha value is -2.55. The van der Waals surface area contributed by atoms with Crippen LogP contribution in [-0.4, -0.2) is 35.2 Å². The molecule has 0 saturated heterocycles. The molecule has 2 heterocycles. The Bertz CT molecular complexity index is 1380. The molecule has 0 unspecified atom stereocenters. The zero-order valence-corrected chi connectivity index (χ0v) is 25.0. The molecule has 3 rings (SSSR count). The molecule has 0 aliphatic carbocycles. The lowest BCUT2D eigenvalue weighted by molar-refractivity contribution is 0.0523. The first kappa shape index (κ1) is 30.0. The Morgan fingerprint density at radius 1 is 1.29 bits per heavy atom. The van der Waals surface area contributed by atoms with Crippen molar-refractivity contribution in [3.63, 3.8) is 0 Å². The second kappa shape index (κ2) is 11.7. The normalized spacial score (nSPS) is 13.2. The predicted octanol–water partition coefficient (Wildman–Crippen LogP) is 6.91. The van der Waals surface area contributed by atoms with Crippen LogP contribution >= 0.6 is 11.6 Å². The number of carbonyl (C=O) groups excluding carboxylic acids is 1. The quantitative estimate of drug-likeness (QED) is 0.215. The van der Waals surface area contributed by atoms with E-state index < -0.39 is 25.5 Å². The Morgan fingerprint density at radius 2 is 1.97 bits per heavy atom. The fraction of sp³-hybridized carbons (Fsp3) is 0.483. The lowest BCUT2D eigenvalue weighted by Crippen LogP contribution is -2.39. The van der Waals surface area contributed by atoms with Crippen LogP contribution in [-0.2, 0) is 11.2 Å². The molecule has 38 heavy (non-hydrogen) atoms. The van der Waals surface area contributed by atoms with E-state index in [9.17, 15) is 18.8 Å². The first-order valence-corrected chi connectivity index (χ1v) is 16.4. The van der Waals surface area contributed by atoms with E-state index in [2.05, 4.69) is 32.7 Å². The minimum atomic E-state index is -2.43. The highest BCUT2D eigenvalue weighted by Gasteiger charge is 2.38. The van der Waals surface area contributed by atoms with Crippen molar-refractivity contribution in [1.82, 2.24) is 9.55 Å². The standard InChI is InChI=1S/C29H38ClFN2O4Si/c1-8-37-28(35)22-17-33(24(18(2)3)12-13-29(4,5)38(6,7)36)25-16-32-20(15-21(25)27(22)34)14-19-10-9-11-23(30)26(19)31/h9-11,15-18,24,36H,8,12-14H2,1-7H3/t24-/m1/s1. The number of esters is 1. The Labute approximate surface area is 229 Å². The molecule has 0 fully saturated rings. The summed E-state index contributed by atoms with van der Waals surface area (Å²) in [6, 6.07) is 6.33. The highest BCUT2D eigenvalue weighted by molar-refractivity contribution is 6.72. The van der Waals surface area contributed by atoms with E-state index in [0.717, 1.165) is 12.8 Å². The minimum Gasteiger partial charge on any atom is -0.462 e. The van der Waals surface area contributed by atoms with Gasteiger partial charge >= 0.3 is 5.97 Å². The maximum absolute atomic E-state index is 14.6. The Balaban J connectivity index is 2.17. The van der Waals surface area contributed by atoms with Crippen molar-refractivity contribution in [2.45, 2.75) is 78.1 Å². The molecule has 0 radical (unpaired) electrons. The maximum Gasteiger partial charge on any atom is 0.343 e. The first-order chi connectivity index (χ1) is 17.7. The Kier molecular flexibility index (Phi) is 9.22. The molecule has 0 aliphatic heterocycles. The van der Waals surface area contributed by atoms with Gasteiger partial charge in [0.1, 0.15) is 11.4 Å². The number of carbonyl (C=O) groups is 1. The zero-order chi connectivity index (χ0) is 28.4. The van der Waals surface area contributed by atoms with Gasteiger partial charge in [0.2, 0.25) is 5.43 Å². The summed E-state index contributed by atoms with van der Waals surface area (Å²) in [5, 5.41) is 0.114. The van der Waals surface area contributed by atoms with E-state index >= 15 is 0 Å². The molecule has 6 nitrogen and oxygen atoms in total. The second-order valence-corrected chi connectivity index (χ2v) is 16.3. The third-order valence-electron chi connectivity index (χ3n) is 7.72. The van der Waals surface area contributed by atoms with Gasteiger partial charge < -0.3 is 14.1 Å². The molecular weight excluding hydrogens is 523 g/mol. The molecule has 0 amide bonds. The van der Waals surface area contributed by atoms with Crippen LogP contribution in [0.5, 0.6) is 0 Å². The maximum atomic E-state index is 14.6. The molecule has 1 atom stereocenters. The fourth-order valence-electron chi connectivity index (χ4n) is 4.51. The van der Waals surface area contributed by atoms with Gasteiger partial charge in [-0.1, -0.05) is 51.4 Å². The monoisotopic (exact) mass is 560 g/mol. The summed E-state index contributed by atoms with van der Waals surface area (Å²) in [5.74, 6) is -1.04. The van der Waals surface area contributed by atoms with E-state index in [1.165, 1.54) is 6.07 Å². The molecule has 1 aromatic carbocycles. The topological polar surface area (TPSA) is 81.4 Å². The van der Waals surface area contributed by atoms with Crippen LogP contribution in [0.1, 0.15) is 75.1 Å². The third kappa shape index (κ3) is 6.35. The van der Waals surface area contributed by atoms with Crippen LogP contribution < -0.4 is 5.43 Å². The second-order valence-electron chi connectivity index (χ2n) is 11.4. The fourth-order valence-corrected chi connectivity index (χ4v) is 5.46. The number of halogens is 2. The van der Waals surface area contributed by atoms with Gasteiger partial charge in [0, 0.05) is 29.7 Å². The van der Waals surface area contributed by atoms with E-state index in [4.69, 9.17) is 16.3 Å². The van der Waals surface area contributed by atoms with Crippen molar-refractivity contribution in [1.29, 1.82) is 0 Å². The molecule has 3 aromatic rings. The predicted molar refractivity (Wildman–Crippen MR) is 153 cm³/mol. The summed E-state index contributed by atoms with van der Waals surface area (Å²) in [6.07, 6.45) is 4.85. The van der Waals surface area contributed by atoms with Gasteiger partial charge in [0.25, 0.3) is 0 Å². The van der Waals surface area contributed by atoms with Gasteiger partial charge in [-0.05, 0) is 61.5 Å². The number of pyridine rings is 2. The molecule has 0 saturated carbocycles. The summed E-state index contributed by atoms with van der Waals surface area (Å²) < 4.78 is 21.7. The number of benzene rings is 1. The number of hydrogen-bond acceptors (Lipinski definition) is 5. The zero-order valence-electron chi connectivity index (χ0n) is 23.3. The number of aromatic nitrogens is 2. The van der Waals surface area contributed by atoms with Gasteiger partial charge in [-0.3, -0.25) is 9.78 Å². The molecule has 0 bridgehead atoms. The van der Waals surface area contributed by atoms with E-state index in [0.29, 0.717) is 22.2 Å². The van der Waals surface area contributed by atoms with Crippen molar-refractivity contribution in [2.24, 2.45) is 5.92 Å². The SMILES string of the molecule is CCOC(=O)c1cn([C@H](CCC(C)(C)[Si](C)(C)O)C(C)C)c2cnc(Cc3cccc(Cl)c3F)cc2c1=O. The number of rotatable bonds is 10. The van der Waals surface area contributed by atoms with Crippen molar-refractivity contribution >= 4 is 36.8 Å². The highest BCUT2D eigenvalue weighted by atomic mass is 35.5. The van der Waals surface area contributed by atoms with E-state index in [1.807, 2.05) is 17.7 Å². The highest BCUT2D eigenvalue weighted by Crippen LogP contribution is 2.42. The third-order valence-corrected chi connectivity index (χ3v) is 11.6. The van der Waals surface area contributed by atoms with Gasteiger partial charge in [0.15, 0.2) is 8.32 Å². The summed E-state index contributed by atoms with van der Waals surface area (Å²) in [6.45, 7) is 14.1. The number of hydrogen-bond donors (Lipinski definition) is 1. The molecule has 0 spiro atoms. The average Bonchev–Trinajstić information content (AvgIpc) is 2.82. The van der Waals surface area contributed by atoms with Gasteiger partial charge in [0.05, 0.1) is 23.3 Å². The largest absolute Gasteiger partial charge is 0.462 e. The summed E-state index contributed by atoms with van der Waals surface area (Å²) in [4.78, 5) is 41.7. The Morgan fingerprint density at radius 3 is 2.58 bits per heavy atom. The summed E-state index contributed by atoms with van der Waals surface area (Å²) in [5.41, 5.74) is 0.946. The minimum absolute atomic E-state index is 0.0204. The summed E-state index contributed by atoms with van der Waals surface area (Å²) in [7, 11) is -2.43. The molecule has 0 aliphatic rings. The van der Waals surface area contributed by atoms with Gasteiger partial charge in [-0.25, -0.2) is 9.18 Å². The smallest absolute Gasteiger partial charge is 0.343 e. The number of ether oxygens (including phenoxy) is 1. The lowest BCUT2D eigenvalue weighted by atomic mass is 9.93. The average molecular weight is 561 g/mol. The van der Waals surface area contributed by atoms with Crippen LogP contribution in [0.15, 0.2) is 41.5 Å². The summed E-state index contributed by atoms with van der Waals surface area (Å²) >= 11 is 5.95. The van der Waals surface area contributed by atoms with Gasteiger partial charge in [-0.15, -0.1) is 0 Å². The number of nitrogens with zero attached hydrogens (tertiary/aromatic N) is 2. The first-order valence-electron chi connectivity index (χ1n) is 13.0. The van der Waals surface area contributed by atoms with Crippen LogP contribution in [0, 0.1) is 11.7 Å². The van der Waals surface area contributed by atoms with Crippen molar-refractivity contribution in [3.8, 4) is 0 Å². The molecule has 206 valence electrons. The van der Waals surface area contributed by atoms with Crippen molar-refractivity contribution in [3.05, 3.63) is 74.5 Å². The van der Waals surface area contributed by atoms with Gasteiger partial charge in [-0.2, -0.15) is 0 Å². The van der Waals surface area contributed by atoms with Crippen LogP contribution in [0.25, 0.3) is 10.9 Å². The van der Waals surface area contributed by atoms with Crippen LogP contribution in [0.3, 0.4) is 0 Å². The molecular formula is C29H38ClFN2O4Si. The van der Waals surface area contributed by atoms with Crippen molar-refractivity contribution < 1.29 is 18.7 Å². The molecule has 9 heteroatoms. The lowest BCUT2D eigenvalue weighted by Gasteiger charge is -2.37. The molecule has 1 N–H and O–H groups in total. The number of fused-ring (bicyclic) bond motifs is 1. The van der Waals surface area contributed by atoms with Crippen LogP contribution in [0.4, 0.5) is 4.39 Å². The van der Waals surface area contributed by atoms with E-state index in [1.54, 1.807) is 37.5 Å².